The lowest BCUT2D eigenvalue weighted by atomic mass is 10.1. The predicted octanol–water partition coefficient (Wildman–Crippen LogP) is 1.84. The summed E-state index contributed by atoms with van der Waals surface area (Å²) in [4.78, 5) is 2.18. The van der Waals surface area contributed by atoms with Crippen molar-refractivity contribution in [3.63, 3.8) is 0 Å². The van der Waals surface area contributed by atoms with Crippen LogP contribution in [0.2, 0.25) is 0 Å². The summed E-state index contributed by atoms with van der Waals surface area (Å²) in [6.07, 6.45) is 0.604. The first-order chi connectivity index (χ1) is 8.02. The maximum atomic E-state index is 7.29. The Morgan fingerprint density at radius 3 is 2.47 bits per heavy atom. The lowest BCUT2D eigenvalue weighted by Crippen LogP contribution is -2.32. The fourth-order valence-corrected chi connectivity index (χ4v) is 1.65. The molecule has 94 valence electrons. The van der Waals surface area contributed by atoms with Crippen molar-refractivity contribution in [1.29, 1.82) is 5.41 Å². The zero-order valence-electron chi connectivity index (χ0n) is 10.7. The largest absolute Gasteiger partial charge is 0.497 e. The van der Waals surface area contributed by atoms with Gasteiger partial charge in [0, 0.05) is 19.0 Å². The Bertz CT molecular complexity index is 361. The molecule has 1 unspecified atom stereocenters. The van der Waals surface area contributed by atoms with Crippen molar-refractivity contribution in [2.45, 2.75) is 25.9 Å². The van der Waals surface area contributed by atoms with Gasteiger partial charge in [-0.05, 0) is 31.7 Å². The van der Waals surface area contributed by atoms with Crippen molar-refractivity contribution < 1.29 is 4.74 Å². The average Bonchev–Trinajstić information content (AvgIpc) is 2.29. The summed E-state index contributed by atoms with van der Waals surface area (Å²) in [5, 5.41) is 7.29. The Morgan fingerprint density at radius 1 is 1.41 bits per heavy atom. The van der Waals surface area contributed by atoms with Crippen LogP contribution >= 0.6 is 0 Å². The monoisotopic (exact) mass is 235 g/mol. The Kier molecular flexibility index (Phi) is 4.97. The summed E-state index contributed by atoms with van der Waals surface area (Å²) in [6, 6.07) is 8.29. The normalized spacial score (nSPS) is 12.5. The van der Waals surface area contributed by atoms with Crippen LogP contribution in [0.25, 0.3) is 0 Å². The molecule has 0 spiro atoms. The summed E-state index contributed by atoms with van der Waals surface area (Å²) in [5.41, 5.74) is 6.63. The Balaban J connectivity index is 2.54. The molecule has 0 aliphatic heterocycles. The van der Waals surface area contributed by atoms with Crippen molar-refractivity contribution >= 4 is 5.84 Å². The third-order valence-corrected chi connectivity index (χ3v) is 2.86. The first-order valence-electron chi connectivity index (χ1n) is 5.69. The van der Waals surface area contributed by atoms with Gasteiger partial charge in [-0.25, -0.2) is 0 Å². The van der Waals surface area contributed by atoms with Gasteiger partial charge in [0.25, 0.3) is 0 Å². The molecule has 0 aliphatic carbocycles. The molecule has 1 atom stereocenters. The quantitative estimate of drug-likeness (QED) is 0.584. The molecule has 4 heteroatoms. The van der Waals surface area contributed by atoms with Gasteiger partial charge in [-0.15, -0.1) is 0 Å². The molecule has 0 amide bonds. The summed E-state index contributed by atoms with van der Waals surface area (Å²) < 4.78 is 5.12. The fourth-order valence-electron chi connectivity index (χ4n) is 1.65. The summed E-state index contributed by atoms with van der Waals surface area (Å²) in [6.45, 7) is 2.92. The Labute approximate surface area is 103 Å². The van der Waals surface area contributed by atoms with E-state index in [1.165, 1.54) is 5.56 Å². The van der Waals surface area contributed by atoms with E-state index in [0.717, 1.165) is 12.3 Å². The standard InChI is InChI=1S/C13H21N3O/c1-10(8-13(14)15)16(2)9-11-4-6-12(17-3)7-5-11/h4-7,10H,8-9H2,1-3H3,(H3,14,15). The molecule has 1 aromatic carbocycles. The van der Waals surface area contributed by atoms with E-state index in [1.807, 2.05) is 19.2 Å². The van der Waals surface area contributed by atoms with E-state index in [9.17, 15) is 0 Å². The van der Waals surface area contributed by atoms with Gasteiger partial charge in [-0.2, -0.15) is 0 Å². The van der Waals surface area contributed by atoms with E-state index in [-0.39, 0.29) is 11.9 Å². The molecular weight excluding hydrogens is 214 g/mol. The smallest absolute Gasteiger partial charge is 0.118 e. The van der Waals surface area contributed by atoms with Crippen LogP contribution in [0.1, 0.15) is 18.9 Å². The van der Waals surface area contributed by atoms with Gasteiger partial charge in [0.15, 0.2) is 0 Å². The van der Waals surface area contributed by atoms with Crippen molar-refractivity contribution in [3.05, 3.63) is 29.8 Å². The number of benzene rings is 1. The number of amidine groups is 1. The molecule has 0 aliphatic rings. The number of nitrogens with zero attached hydrogens (tertiary/aromatic N) is 1. The van der Waals surface area contributed by atoms with Crippen LogP contribution in [-0.4, -0.2) is 30.9 Å². The number of methoxy groups -OCH3 is 1. The average molecular weight is 235 g/mol. The van der Waals surface area contributed by atoms with Crippen molar-refractivity contribution in [2.75, 3.05) is 14.2 Å². The first-order valence-corrected chi connectivity index (χ1v) is 5.69. The van der Waals surface area contributed by atoms with Crippen LogP contribution in [0.15, 0.2) is 24.3 Å². The van der Waals surface area contributed by atoms with Gasteiger partial charge in [0.2, 0.25) is 0 Å². The summed E-state index contributed by atoms with van der Waals surface area (Å²) in [5.74, 6) is 1.10. The molecule has 0 heterocycles. The van der Waals surface area contributed by atoms with E-state index in [4.69, 9.17) is 15.9 Å². The van der Waals surface area contributed by atoms with E-state index < -0.39 is 0 Å². The molecule has 1 rings (SSSR count). The molecule has 0 saturated heterocycles. The highest BCUT2D eigenvalue weighted by molar-refractivity contribution is 5.77. The minimum atomic E-state index is 0.235. The molecule has 4 nitrogen and oxygen atoms in total. The second-order valence-corrected chi connectivity index (χ2v) is 4.34. The molecule has 0 saturated carbocycles. The van der Waals surface area contributed by atoms with Crippen molar-refractivity contribution in [3.8, 4) is 5.75 Å². The SMILES string of the molecule is COc1ccc(CN(C)C(C)CC(=N)N)cc1. The number of ether oxygens (including phenoxy) is 1. The second kappa shape index (κ2) is 6.25. The van der Waals surface area contributed by atoms with Crippen molar-refractivity contribution in [1.82, 2.24) is 4.90 Å². The van der Waals surface area contributed by atoms with Gasteiger partial charge >= 0.3 is 0 Å². The van der Waals surface area contributed by atoms with Crippen LogP contribution in [0.3, 0.4) is 0 Å². The van der Waals surface area contributed by atoms with Crippen molar-refractivity contribution in [2.24, 2.45) is 5.73 Å². The highest BCUT2D eigenvalue weighted by Crippen LogP contribution is 2.14. The third kappa shape index (κ3) is 4.44. The molecule has 3 N–H and O–H groups in total. The molecule has 17 heavy (non-hydrogen) atoms. The lowest BCUT2D eigenvalue weighted by Gasteiger charge is -2.24. The zero-order chi connectivity index (χ0) is 12.8. The van der Waals surface area contributed by atoms with Gasteiger partial charge in [-0.3, -0.25) is 10.3 Å². The minimum absolute atomic E-state index is 0.235. The Hall–Kier alpha value is -1.55. The third-order valence-electron chi connectivity index (χ3n) is 2.86. The number of hydrogen-bond donors (Lipinski definition) is 2. The van der Waals surface area contributed by atoms with Crippen LogP contribution in [0.5, 0.6) is 5.75 Å². The summed E-state index contributed by atoms with van der Waals surface area (Å²) in [7, 11) is 3.70. The molecule has 1 aromatic rings. The number of rotatable bonds is 6. The van der Waals surface area contributed by atoms with Crippen LogP contribution in [-0.2, 0) is 6.54 Å². The number of nitrogens with one attached hydrogen (secondary N) is 1. The van der Waals surface area contributed by atoms with Crippen LogP contribution < -0.4 is 10.5 Å². The van der Waals surface area contributed by atoms with Gasteiger partial charge in [0.05, 0.1) is 12.9 Å². The highest BCUT2D eigenvalue weighted by Gasteiger charge is 2.10. The van der Waals surface area contributed by atoms with Gasteiger partial charge in [0.1, 0.15) is 5.75 Å². The lowest BCUT2D eigenvalue weighted by molar-refractivity contribution is 0.254. The fraction of sp³-hybridized carbons (Fsp3) is 0.462. The van der Waals surface area contributed by atoms with Gasteiger partial charge in [-0.1, -0.05) is 12.1 Å². The second-order valence-electron chi connectivity index (χ2n) is 4.34. The maximum Gasteiger partial charge on any atom is 0.118 e. The zero-order valence-corrected chi connectivity index (χ0v) is 10.7. The van der Waals surface area contributed by atoms with Crippen LogP contribution in [0.4, 0.5) is 0 Å². The highest BCUT2D eigenvalue weighted by atomic mass is 16.5. The molecule has 0 aromatic heterocycles. The maximum absolute atomic E-state index is 7.29. The predicted molar refractivity (Wildman–Crippen MR) is 70.5 cm³/mol. The van der Waals surface area contributed by atoms with E-state index in [1.54, 1.807) is 7.11 Å². The van der Waals surface area contributed by atoms with Gasteiger partial charge < -0.3 is 10.5 Å². The minimum Gasteiger partial charge on any atom is -0.497 e. The first kappa shape index (κ1) is 13.5. The van der Waals surface area contributed by atoms with E-state index in [2.05, 4.69) is 24.0 Å². The van der Waals surface area contributed by atoms with E-state index in [0.29, 0.717) is 6.42 Å². The number of nitrogens with two attached hydrogens (primary N) is 1. The number of hydrogen-bond acceptors (Lipinski definition) is 3. The topological polar surface area (TPSA) is 62.3 Å². The molecular formula is C13H21N3O. The molecule has 0 fully saturated rings. The van der Waals surface area contributed by atoms with Crippen LogP contribution in [0, 0.1) is 5.41 Å². The molecule has 0 radical (unpaired) electrons. The van der Waals surface area contributed by atoms with E-state index >= 15 is 0 Å². The summed E-state index contributed by atoms with van der Waals surface area (Å²) >= 11 is 0. The molecule has 0 bridgehead atoms. The Morgan fingerprint density at radius 2 is 2.00 bits per heavy atom.